The third-order valence-electron chi connectivity index (χ3n) is 6.93. The Hall–Kier alpha value is -3.10. The van der Waals surface area contributed by atoms with E-state index in [2.05, 4.69) is 0 Å². The molecule has 1 saturated heterocycles. The molecule has 0 radical (unpaired) electrons. The SMILES string of the molecule is Cl.N[C@@H]1CCC[C@@H]2CN(c3cc4c(cc3F)c(=O)c(C(=O)O)cn4-c3ccc(O)cc3)C[C@@H]21. The van der Waals surface area contributed by atoms with Crippen LogP contribution in [0.3, 0.4) is 0 Å². The molecule has 0 spiro atoms. The number of pyridine rings is 1. The van der Waals surface area contributed by atoms with Gasteiger partial charge < -0.3 is 25.4 Å². The Bertz CT molecular complexity index is 1280. The van der Waals surface area contributed by atoms with Crippen molar-refractivity contribution < 1.29 is 19.4 Å². The number of halogens is 2. The van der Waals surface area contributed by atoms with Crippen molar-refractivity contribution in [1.29, 1.82) is 0 Å². The number of carboxylic acid groups (broad SMARTS) is 1. The summed E-state index contributed by atoms with van der Waals surface area (Å²) in [6, 6.07) is 9.02. The van der Waals surface area contributed by atoms with Gasteiger partial charge in [0.1, 0.15) is 17.1 Å². The van der Waals surface area contributed by atoms with Crippen LogP contribution >= 0.6 is 12.4 Å². The molecule has 1 aliphatic carbocycles. The number of hydrogen-bond donors (Lipinski definition) is 3. The van der Waals surface area contributed by atoms with Crippen LogP contribution in [0.2, 0.25) is 0 Å². The molecule has 4 N–H and O–H groups in total. The highest BCUT2D eigenvalue weighted by molar-refractivity contribution is 5.94. The average Bonchev–Trinajstić information content (AvgIpc) is 3.20. The van der Waals surface area contributed by atoms with E-state index in [0.29, 0.717) is 41.8 Å². The first-order valence-corrected chi connectivity index (χ1v) is 10.8. The summed E-state index contributed by atoms with van der Waals surface area (Å²) in [7, 11) is 0. The molecular formula is C24H25ClFN3O4. The number of benzene rings is 2. The lowest BCUT2D eigenvalue weighted by Gasteiger charge is -2.29. The van der Waals surface area contributed by atoms with E-state index < -0.39 is 22.8 Å². The minimum Gasteiger partial charge on any atom is -0.508 e. The van der Waals surface area contributed by atoms with Gasteiger partial charge in [-0.1, -0.05) is 6.42 Å². The van der Waals surface area contributed by atoms with E-state index in [-0.39, 0.29) is 29.6 Å². The summed E-state index contributed by atoms with van der Waals surface area (Å²) in [6.45, 7) is 1.36. The number of phenolic OH excluding ortho intramolecular Hbond substituents is 1. The molecule has 1 aliphatic heterocycles. The second-order valence-corrected chi connectivity index (χ2v) is 8.81. The normalized spacial score (nSPS) is 22.1. The van der Waals surface area contributed by atoms with Crippen molar-refractivity contribution in [3.63, 3.8) is 0 Å². The van der Waals surface area contributed by atoms with Crippen molar-refractivity contribution in [2.24, 2.45) is 17.6 Å². The van der Waals surface area contributed by atoms with Gasteiger partial charge in [0.15, 0.2) is 0 Å². The summed E-state index contributed by atoms with van der Waals surface area (Å²) in [6.07, 6.45) is 4.38. The summed E-state index contributed by atoms with van der Waals surface area (Å²) < 4.78 is 16.8. The van der Waals surface area contributed by atoms with Gasteiger partial charge in [-0.25, -0.2) is 9.18 Å². The Morgan fingerprint density at radius 2 is 1.85 bits per heavy atom. The summed E-state index contributed by atoms with van der Waals surface area (Å²) in [5.41, 5.74) is 6.48. The predicted octanol–water partition coefficient (Wildman–Crippen LogP) is 3.52. The smallest absolute Gasteiger partial charge is 0.341 e. The average molecular weight is 474 g/mol. The van der Waals surface area contributed by atoms with Crippen LogP contribution < -0.4 is 16.1 Å². The highest BCUT2D eigenvalue weighted by Gasteiger charge is 2.39. The van der Waals surface area contributed by atoms with E-state index in [1.165, 1.54) is 18.3 Å². The Morgan fingerprint density at radius 3 is 2.52 bits per heavy atom. The Kier molecular flexibility index (Phi) is 6.07. The molecule has 1 aromatic heterocycles. The number of rotatable bonds is 3. The second-order valence-electron chi connectivity index (χ2n) is 8.81. The van der Waals surface area contributed by atoms with Gasteiger partial charge in [-0.15, -0.1) is 12.4 Å². The number of anilines is 1. The van der Waals surface area contributed by atoms with E-state index in [1.807, 2.05) is 4.90 Å². The zero-order chi connectivity index (χ0) is 22.6. The number of fused-ring (bicyclic) bond motifs is 2. The van der Waals surface area contributed by atoms with Crippen LogP contribution in [-0.2, 0) is 0 Å². The third kappa shape index (κ3) is 3.94. The van der Waals surface area contributed by atoms with E-state index in [1.54, 1.807) is 22.8 Å². The van der Waals surface area contributed by atoms with Crippen LogP contribution in [0.15, 0.2) is 47.4 Å². The Balaban J connectivity index is 0.00000259. The lowest BCUT2D eigenvalue weighted by atomic mass is 9.78. The van der Waals surface area contributed by atoms with Gasteiger partial charge in [-0.3, -0.25) is 4.79 Å². The van der Waals surface area contributed by atoms with E-state index in [4.69, 9.17) is 5.73 Å². The molecule has 3 atom stereocenters. The van der Waals surface area contributed by atoms with Gasteiger partial charge >= 0.3 is 5.97 Å². The molecule has 33 heavy (non-hydrogen) atoms. The zero-order valence-corrected chi connectivity index (χ0v) is 18.6. The molecule has 9 heteroatoms. The summed E-state index contributed by atoms with van der Waals surface area (Å²) in [4.78, 5) is 26.5. The van der Waals surface area contributed by atoms with Crippen LogP contribution in [-0.4, -0.2) is 39.9 Å². The highest BCUT2D eigenvalue weighted by Crippen LogP contribution is 2.39. The fourth-order valence-electron chi connectivity index (χ4n) is 5.27. The Morgan fingerprint density at radius 1 is 1.12 bits per heavy atom. The molecule has 0 amide bonds. The van der Waals surface area contributed by atoms with Crippen LogP contribution in [0.5, 0.6) is 5.75 Å². The molecule has 5 rings (SSSR count). The van der Waals surface area contributed by atoms with Gasteiger partial charge in [0.05, 0.1) is 11.2 Å². The maximum atomic E-state index is 15.2. The molecule has 3 aromatic rings. The van der Waals surface area contributed by atoms with Crippen molar-refractivity contribution in [3.8, 4) is 11.4 Å². The van der Waals surface area contributed by atoms with Gasteiger partial charge in [-0.05, 0) is 61.1 Å². The predicted molar refractivity (Wildman–Crippen MR) is 126 cm³/mol. The quantitative estimate of drug-likeness (QED) is 0.537. The van der Waals surface area contributed by atoms with Crippen molar-refractivity contribution in [2.45, 2.75) is 25.3 Å². The number of hydrogen-bond acceptors (Lipinski definition) is 5. The van der Waals surface area contributed by atoms with Crippen molar-refractivity contribution in [3.05, 3.63) is 64.2 Å². The number of aromatic nitrogens is 1. The molecule has 7 nitrogen and oxygen atoms in total. The van der Waals surface area contributed by atoms with E-state index in [9.17, 15) is 19.8 Å². The first-order chi connectivity index (χ1) is 15.3. The number of aromatic hydroxyl groups is 1. The van der Waals surface area contributed by atoms with Gasteiger partial charge in [0.2, 0.25) is 5.43 Å². The van der Waals surface area contributed by atoms with Crippen LogP contribution in [0.4, 0.5) is 10.1 Å². The number of carboxylic acids is 1. The molecule has 174 valence electrons. The van der Waals surface area contributed by atoms with Crippen LogP contribution in [0.1, 0.15) is 29.6 Å². The minimum atomic E-state index is -1.38. The van der Waals surface area contributed by atoms with E-state index >= 15 is 4.39 Å². The molecule has 0 unspecified atom stereocenters. The lowest BCUT2D eigenvalue weighted by molar-refractivity contribution is 0.0695. The highest BCUT2D eigenvalue weighted by atomic mass is 35.5. The fourth-order valence-corrected chi connectivity index (χ4v) is 5.27. The number of nitrogens with zero attached hydrogens (tertiary/aromatic N) is 2. The standard InChI is InChI=1S/C24H24FN3O4.ClH/c25-19-8-16-21(9-22(19)27-10-13-2-1-3-20(26)17(13)11-27)28(12-18(23(16)30)24(31)32)14-4-6-15(29)7-5-14;/h4-9,12-13,17,20,29H,1-3,10-11,26H2,(H,31,32);1H/t13-,17+,20-;/m1./s1. The number of nitrogens with two attached hydrogens (primary N) is 1. The molecular weight excluding hydrogens is 449 g/mol. The first kappa shape index (κ1) is 23.1. The van der Waals surface area contributed by atoms with Crippen LogP contribution in [0, 0.1) is 17.7 Å². The molecule has 2 fully saturated rings. The monoisotopic (exact) mass is 473 g/mol. The molecule has 0 bridgehead atoms. The van der Waals surface area contributed by atoms with Crippen LogP contribution in [0.25, 0.3) is 16.6 Å². The third-order valence-corrected chi connectivity index (χ3v) is 6.93. The number of phenols is 1. The summed E-state index contributed by atoms with van der Waals surface area (Å²) in [5.74, 6) is -1.15. The van der Waals surface area contributed by atoms with Crippen molar-refractivity contribution >= 4 is 35.0 Å². The summed E-state index contributed by atoms with van der Waals surface area (Å²) >= 11 is 0. The minimum absolute atomic E-state index is 0. The molecule has 1 saturated carbocycles. The van der Waals surface area contributed by atoms with Crippen molar-refractivity contribution in [1.82, 2.24) is 4.57 Å². The number of aromatic carboxylic acids is 1. The van der Waals surface area contributed by atoms with Gasteiger partial charge in [0, 0.05) is 36.4 Å². The molecule has 2 aliphatic rings. The number of carbonyl (C=O) groups is 1. The zero-order valence-electron chi connectivity index (χ0n) is 17.8. The van der Waals surface area contributed by atoms with Gasteiger partial charge in [0.25, 0.3) is 0 Å². The van der Waals surface area contributed by atoms with Gasteiger partial charge in [-0.2, -0.15) is 0 Å². The maximum absolute atomic E-state index is 15.2. The first-order valence-electron chi connectivity index (χ1n) is 10.8. The van der Waals surface area contributed by atoms with E-state index in [0.717, 1.165) is 25.3 Å². The topological polar surface area (TPSA) is 109 Å². The lowest BCUT2D eigenvalue weighted by Crippen LogP contribution is -2.38. The fraction of sp³-hybridized carbons (Fsp3) is 0.333. The molecule has 2 aromatic carbocycles. The maximum Gasteiger partial charge on any atom is 0.341 e. The largest absolute Gasteiger partial charge is 0.508 e. The van der Waals surface area contributed by atoms with Crippen molar-refractivity contribution in [2.75, 3.05) is 18.0 Å². The Labute approximate surface area is 195 Å². The summed E-state index contributed by atoms with van der Waals surface area (Å²) in [5, 5.41) is 19.1. The molecule has 2 heterocycles. The second kappa shape index (κ2) is 8.68.